The number of hydrogen-bond acceptors (Lipinski definition) is 3. The van der Waals surface area contributed by atoms with Crippen molar-refractivity contribution in [2.75, 3.05) is 0 Å². The molecule has 0 unspecified atom stereocenters. The fraction of sp³-hybridized carbons (Fsp3) is 0.600. The van der Waals surface area contributed by atoms with Crippen molar-refractivity contribution in [3.8, 4) is 0 Å². The highest BCUT2D eigenvalue weighted by molar-refractivity contribution is 6.64. The second kappa shape index (κ2) is 4.32. The highest BCUT2D eigenvalue weighted by Gasteiger charge is 1.94. The number of carbonyl (C=O) groups is 1. The molecule has 0 aliphatic rings. The third-order valence-electron chi connectivity index (χ3n) is 0.562. The minimum absolute atomic E-state index is 0.219. The zero-order valence-electron chi connectivity index (χ0n) is 5.35. The normalized spacial score (nSPS) is 11.2. The van der Waals surface area contributed by atoms with Gasteiger partial charge in [0.2, 0.25) is 0 Å². The fourth-order valence-corrected chi connectivity index (χ4v) is 0.213. The summed E-state index contributed by atoms with van der Waals surface area (Å²) >= 11 is 5.25. The van der Waals surface area contributed by atoms with E-state index < -0.39 is 0 Å². The van der Waals surface area contributed by atoms with Gasteiger partial charge < -0.3 is 4.84 Å². The number of carbonyl (C=O) groups excluding carboxylic acids is 1. The highest BCUT2D eigenvalue weighted by atomic mass is 35.5. The van der Waals surface area contributed by atoms with E-state index in [4.69, 9.17) is 11.6 Å². The minimum atomic E-state index is -0.380. The van der Waals surface area contributed by atoms with Gasteiger partial charge in [-0.2, -0.15) is 0 Å². The van der Waals surface area contributed by atoms with E-state index in [1.807, 2.05) is 0 Å². The lowest BCUT2D eigenvalue weighted by molar-refractivity contribution is -0.143. The topological polar surface area (TPSA) is 38.7 Å². The molecule has 52 valence electrons. The van der Waals surface area contributed by atoms with Gasteiger partial charge >= 0.3 is 5.97 Å². The molecule has 0 saturated carbocycles. The van der Waals surface area contributed by atoms with Crippen molar-refractivity contribution in [2.24, 2.45) is 5.16 Å². The van der Waals surface area contributed by atoms with Crippen LogP contribution in [0.2, 0.25) is 0 Å². The van der Waals surface area contributed by atoms with E-state index in [0.717, 1.165) is 0 Å². The Bertz CT molecular complexity index is 129. The molecule has 0 rings (SSSR count). The summed E-state index contributed by atoms with van der Waals surface area (Å²) < 4.78 is 0. The Hall–Kier alpha value is -0.570. The molecule has 0 fully saturated rings. The monoisotopic (exact) mass is 149 g/mol. The first-order chi connectivity index (χ1) is 4.16. The maximum absolute atomic E-state index is 10.3. The van der Waals surface area contributed by atoms with Crippen LogP contribution in [0.5, 0.6) is 0 Å². The molecule has 0 radical (unpaired) electrons. The van der Waals surface area contributed by atoms with E-state index >= 15 is 0 Å². The molecule has 0 atom stereocenters. The summed E-state index contributed by atoms with van der Waals surface area (Å²) in [5.41, 5.74) is 0. The lowest BCUT2D eigenvalue weighted by atomic mass is 10.5. The van der Waals surface area contributed by atoms with Crippen LogP contribution < -0.4 is 0 Å². The number of nitrogens with zero attached hydrogens (tertiary/aromatic N) is 1. The summed E-state index contributed by atoms with van der Waals surface area (Å²) in [6.07, 6.45) is 0.313. The molecule has 3 nitrogen and oxygen atoms in total. The largest absolute Gasteiger partial charge is 0.334 e. The Labute approximate surface area is 58.6 Å². The highest BCUT2D eigenvalue weighted by Crippen LogP contribution is 1.88. The van der Waals surface area contributed by atoms with E-state index in [1.54, 1.807) is 6.92 Å². The van der Waals surface area contributed by atoms with Gasteiger partial charge in [-0.25, -0.2) is 4.79 Å². The van der Waals surface area contributed by atoms with E-state index in [2.05, 4.69) is 9.99 Å². The quantitative estimate of drug-likeness (QED) is 0.339. The van der Waals surface area contributed by atoms with E-state index in [-0.39, 0.29) is 11.1 Å². The van der Waals surface area contributed by atoms with Gasteiger partial charge in [0.1, 0.15) is 5.17 Å². The molecule has 0 saturated heterocycles. The van der Waals surface area contributed by atoms with Gasteiger partial charge in [0.05, 0.1) is 0 Å². The number of oxime groups is 1. The summed E-state index contributed by atoms with van der Waals surface area (Å²) in [7, 11) is 0. The average Bonchev–Trinajstić information content (AvgIpc) is 1.83. The smallest absolute Gasteiger partial charge is 0.317 e. The lowest BCUT2D eigenvalue weighted by Crippen LogP contribution is -1.96. The molecule has 0 aromatic heterocycles. The first-order valence-electron chi connectivity index (χ1n) is 2.56. The van der Waals surface area contributed by atoms with Gasteiger partial charge in [-0.3, -0.25) is 0 Å². The molecular weight excluding hydrogens is 142 g/mol. The van der Waals surface area contributed by atoms with Crippen LogP contribution in [0.15, 0.2) is 5.16 Å². The molecule has 0 aliphatic carbocycles. The van der Waals surface area contributed by atoms with Crippen LogP contribution in [0.3, 0.4) is 0 Å². The van der Waals surface area contributed by atoms with Gasteiger partial charge in [0, 0.05) is 6.42 Å². The Morgan fingerprint density at radius 2 is 2.33 bits per heavy atom. The molecule has 0 amide bonds. The Morgan fingerprint density at radius 3 is 2.67 bits per heavy atom. The average molecular weight is 150 g/mol. The molecule has 0 aromatic rings. The molecule has 0 bridgehead atoms. The zero-order chi connectivity index (χ0) is 7.28. The van der Waals surface area contributed by atoms with Crippen LogP contribution in [0.25, 0.3) is 0 Å². The molecule has 4 heteroatoms. The summed E-state index contributed by atoms with van der Waals surface area (Å²) in [4.78, 5) is 14.6. The molecule has 0 heterocycles. The fourth-order valence-electron chi connectivity index (χ4n) is 0.178. The number of halogens is 1. The molecular formula is C5H8ClNO2. The van der Waals surface area contributed by atoms with Crippen molar-refractivity contribution < 1.29 is 9.63 Å². The van der Waals surface area contributed by atoms with Gasteiger partial charge in [-0.05, 0) is 6.92 Å². The number of hydrogen-bond donors (Lipinski definition) is 0. The van der Waals surface area contributed by atoms with Crippen molar-refractivity contribution in [3.63, 3.8) is 0 Å². The van der Waals surface area contributed by atoms with Gasteiger partial charge in [-0.15, -0.1) is 0 Å². The van der Waals surface area contributed by atoms with Crippen molar-refractivity contribution in [3.05, 3.63) is 0 Å². The van der Waals surface area contributed by atoms with Crippen LogP contribution in [0, 0.1) is 0 Å². The van der Waals surface area contributed by atoms with Crippen LogP contribution in [0.1, 0.15) is 20.3 Å². The molecule has 0 N–H and O–H groups in total. The number of rotatable bonds is 2. The van der Waals surface area contributed by atoms with E-state index in [0.29, 0.717) is 6.42 Å². The maximum atomic E-state index is 10.3. The second-order valence-corrected chi connectivity index (χ2v) is 1.95. The van der Waals surface area contributed by atoms with Crippen molar-refractivity contribution in [1.82, 2.24) is 0 Å². The summed E-state index contributed by atoms with van der Waals surface area (Å²) in [5.74, 6) is -0.380. The summed E-state index contributed by atoms with van der Waals surface area (Å²) in [6, 6.07) is 0. The van der Waals surface area contributed by atoms with Crippen LogP contribution in [-0.2, 0) is 9.63 Å². The molecule has 0 aliphatic heterocycles. The van der Waals surface area contributed by atoms with Crippen molar-refractivity contribution >= 4 is 22.7 Å². The van der Waals surface area contributed by atoms with Crippen molar-refractivity contribution in [1.29, 1.82) is 0 Å². The first-order valence-corrected chi connectivity index (χ1v) is 2.94. The molecule has 0 aromatic carbocycles. The minimum Gasteiger partial charge on any atom is -0.317 e. The maximum Gasteiger partial charge on any atom is 0.334 e. The van der Waals surface area contributed by atoms with Crippen LogP contribution >= 0.6 is 11.6 Å². The summed E-state index contributed by atoms with van der Waals surface area (Å²) in [5, 5.41) is 3.45. The molecule has 9 heavy (non-hydrogen) atoms. The lowest BCUT2D eigenvalue weighted by Gasteiger charge is -1.90. The zero-order valence-corrected chi connectivity index (χ0v) is 6.10. The standard InChI is InChI=1S/C5H8ClNO2/c1-3-5(8)9-7-4(2)6/h3H2,1-2H3/b7-4+. The predicted molar refractivity (Wildman–Crippen MR) is 35.3 cm³/mol. The third kappa shape index (κ3) is 5.30. The first kappa shape index (κ1) is 8.43. The second-order valence-electron chi connectivity index (χ2n) is 1.41. The van der Waals surface area contributed by atoms with Gasteiger partial charge in [0.15, 0.2) is 0 Å². The SMILES string of the molecule is CCC(=O)O/N=C(\C)Cl. The van der Waals surface area contributed by atoms with Gasteiger partial charge in [-0.1, -0.05) is 23.7 Å². The third-order valence-corrected chi connectivity index (χ3v) is 0.631. The van der Waals surface area contributed by atoms with Crippen molar-refractivity contribution in [2.45, 2.75) is 20.3 Å². The van der Waals surface area contributed by atoms with E-state index in [9.17, 15) is 4.79 Å². The predicted octanol–water partition coefficient (Wildman–Crippen LogP) is 1.51. The summed E-state index contributed by atoms with van der Waals surface area (Å²) in [6.45, 7) is 3.21. The molecule has 0 spiro atoms. The Balaban J connectivity index is 3.50. The Morgan fingerprint density at radius 1 is 1.78 bits per heavy atom. The van der Waals surface area contributed by atoms with E-state index in [1.165, 1.54) is 6.92 Å². The van der Waals surface area contributed by atoms with Gasteiger partial charge in [0.25, 0.3) is 0 Å². The van der Waals surface area contributed by atoms with Crippen LogP contribution in [-0.4, -0.2) is 11.1 Å². The Kier molecular flexibility index (Phi) is 4.05. The van der Waals surface area contributed by atoms with Crippen LogP contribution in [0.4, 0.5) is 0 Å².